The number of benzene rings is 2. The molecule has 7 heteroatoms. The van der Waals surface area contributed by atoms with Gasteiger partial charge in [-0.2, -0.15) is 0 Å². The van der Waals surface area contributed by atoms with Crippen LogP contribution in [0.25, 0.3) is 15.9 Å². The number of thiophene rings is 1. The predicted octanol–water partition coefficient (Wildman–Crippen LogP) is 5.93. The summed E-state index contributed by atoms with van der Waals surface area (Å²) in [6.07, 6.45) is 4.25. The van der Waals surface area contributed by atoms with E-state index >= 15 is 0 Å². The van der Waals surface area contributed by atoms with E-state index in [1.165, 1.54) is 22.2 Å². The minimum absolute atomic E-state index is 0.0331. The van der Waals surface area contributed by atoms with E-state index in [1.807, 2.05) is 67.6 Å². The van der Waals surface area contributed by atoms with E-state index in [0.29, 0.717) is 11.1 Å². The number of hydrogen-bond donors (Lipinski definition) is 1. The van der Waals surface area contributed by atoms with Crippen LogP contribution in [-0.2, 0) is 17.6 Å². The molecule has 0 fully saturated rings. The highest BCUT2D eigenvalue weighted by atomic mass is 32.2. The van der Waals surface area contributed by atoms with Gasteiger partial charge in [-0.05, 0) is 55.4 Å². The molecule has 4 aromatic rings. The lowest BCUT2D eigenvalue weighted by Gasteiger charge is -2.20. The van der Waals surface area contributed by atoms with Crippen molar-refractivity contribution in [2.75, 3.05) is 5.75 Å². The van der Waals surface area contributed by atoms with Crippen LogP contribution in [0.3, 0.4) is 0 Å². The van der Waals surface area contributed by atoms with Crippen molar-refractivity contribution in [1.82, 2.24) is 14.9 Å². The summed E-state index contributed by atoms with van der Waals surface area (Å²) in [4.78, 5) is 33.7. The molecule has 1 aliphatic rings. The number of aromatic nitrogens is 2. The van der Waals surface area contributed by atoms with Gasteiger partial charge >= 0.3 is 0 Å². The van der Waals surface area contributed by atoms with Crippen LogP contribution in [-0.4, -0.2) is 21.2 Å². The Bertz CT molecular complexity index is 1400. The molecule has 0 radical (unpaired) electrons. The fourth-order valence-corrected chi connectivity index (χ4v) is 6.96. The van der Waals surface area contributed by atoms with Crippen LogP contribution in [0.1, 0.15) is 48.7 Å². The lowest BCUT2D eigenvalue weighted by molar-refractivity contribution is -0.119. The molecular weight excluding hydrogens is 474 g/mol. The number of para-hydroxylation sites is 1. The van der Waals surface area contributed by atoms with Crippen molar-refractivity contribution in [3.05, 3.63) is 87.0 Å². The molecule has 5 rings (SSSR count). The van der Waals surface area contributed by atoms with Crippen LogP contribution >= 0.6 is 23.1 Å². The number of fused-ring (bicyclic) bond motifs is 3. The maximum atomic E-state index is 13.9. The van der Waals surface area contributed by atoms with E-state index in [2.05, 4.69) is 12.2 Å². The number of hydrogen-bond acceptors (Lipinski definition) is 5. The predicted molar refractivity (Wildman–Crippen MR) is 145 cm³/mol. The topological polar surface area (TPSA) is 64.0 Å². The molecule has 0 saturated carbocycles. The van der Waals surface area contributed by atoms with Gasteiger partial charge in [-0.1, -0.05) is 73.6 Å². The third-order valence-electron chi connectivity index (χ3n) is 6.76. The van der Waals surface area contributed by atoms with Crippen LogP contribution in [0, 0.1) is 5.92 Å². The van der Waals surface area contributed by atoms with Gasteiger partial charge in [-0.15, -0.1) is 11.3 Å². The highest BCUT2D eigenvalue weighted by Gasteiger charge is 2.26. The molecule has 0 bridgehead atoms. The Labute approximate surface area is 213 Å². The van der Waals surface area contributed by atoms with Crippen molar-refractivity contribution in [1.29, 1.82) is 0 Å². The van der Waals surface area contributed by atoms with Crippen molar-refractivity contribution < 1.29 is 4.79 Å². The second kappa shape index (κ2) is 10.4. The van der Waals surface area contributed by atoms with E-state index in [4.69, 9.17) is 4.98 Å². The monoisotopic (exact) mass is 503 g/mol. The van der Waals surface area contributed by atoms with Crippen molar-refractivity contribution in [3.8, 4) is 5.69 Å². The molecular formula is C28H29N3O2S2. The lowest BCUT2D eigenvalue weighted by atomic mass is 9.86. The minimum Gasteiger partial charge on any atom is -0.349 e. The maximum absolute atomic E-state index is 13.9. The average molecular weight is 504 g/mol. The summed E-state index contributed by atoms with van der Waals surface area (Å²) >= 11 is 2.97. The molecule has 1 amide bonds. The van der Waals surface area contributed by atoms with E-state index < -0.39 is 0 Å². The fraction of sp³-hybridized carbons (Fsp3) is 0.321. The first-order chi connectivity index (χ1) is 17.0. The van der Waals surface area contributed by atoms with E-state index in [0.717, 1.165) is 47.2 Å². The Morgan fingerprint density at radius 2 is 1.89 bits per heavy atom. The van der Waals surface area contributed by atoms with Crippen molar-refractivity contribution >= 4 is 39.2 Å². The third kappa shape index (κ3) is 4.93. The maximum Gasteiger partial charge on any atom is 0.267 e. The molecule has 35 heavy (non-hydrogen) atoms. The molecule has 0 spiro atoms. The van der Waals surface area contributed by atoms with Crippen LogP contribution in [0.4, 0.5) is 0 Å². The Hall–Kier alpha value is -2.90. The number of carbonyl (C=O) groups is 1. The summed E-state index contributed by atoms with van der Waals surface area (Å²) < 4.78 is 1.68. The third-order valence-corrected chi connectivity index (χ3v) is 8.84. The number of carbonyl (C=O) groups excluding carboxylic acids is 1. The van der Waals surface area contributed by atoms with Crippen LogP contribution in [0.2, 0.25) is 0 Å². The first kappa shape index (κ1) is 23.8. The van der Waals surface area contributed by atoms with Crippen molar-refractivity contribution in [3.63, 3.8) is 0 Å². The molecule has 1 aliphatic carbocycles. The molecule has 180 valence electrons. The van der Waals surface area contributed by atoms with E-state index in [9.17, 15) is 9.59 Å². The Morgan fingerprint density at radius 1 is 1.17 bits per heavy atom. The second-order valence-corrected chi connectivity index (χ2v) is 11.1. The number of aryl methyl sites for hydroxylation is 1. The van der Waals surface area contributed by atoms with E-state index in [-0.39, 0.29) is 23.3 Å². The number of nitrogens with zero attached hydrogens (tertiary/aromatic N) is 2. The molecule has 1 N–H and O–H groups in total. The van der Waals surface area contributed by atoms with Gasteiger partial charge in [0.25, 0.3) is 5.56 Å². The SMILES string of the molecule is CC[C@@H]1CCc2c(sc3nc(SCC(=O)N[C@H](C)c4ccccc4)n(-c4ccccc4)c(=O)c23)C1. The zero-order valence-corrected chi connectivity index (χ0v) is 21.6. The summed E-state index contributed by atoms with van der Waals surface area (Å²) in [5.41, 5.74) is 2.98. The highest BCUT2D eigenvalue weighted by molar-refractivity contribution is 7.99. The lowest BCUT2D eigenvalue weighted by Crippen LogP contribution is -2.29. The summed E-state index contributed by atoms with van der Waals surface area (Å²) in [5, 5.41) is 4.37. The summed E-state index contributed by atoms with van der Waals surface area (Å²) in [5.74, 6) is 0.776. The van der Waals surface area contributed by atoms with Gasteiger partial charge < -0.3 is 5.32 Å². The Morgan fingerprint density at radius 3 is 2.60 bits per heavy atom. The largest absolute Gasteiger partial charge is 0.349 e. The highest BCUT2D eigenvalue weighted by Crippen LogP contribution is 2.37. The van der Waals surface area contributed by atoms with E-state index in [1.54, 1.807) is 15.9 Å². The quantitative estimate of drug-likeness (QED) is 0.251. The zero-order valence-electron chi connectivity index (χ0n) is 20.0. The first-order valence-electron chi connectivity index (χ1n) is 12.1. The molecule has 2 aromatic carbocycles. The van der Waals surface area contributed by atoms with Crippen molar-refractivity contribution in [2.24, 2.45) is 5.92 Å². The minimum atomic E-state index is -0.0911. The average Bonchev–Trinajstić information content (AvgIpc) is 3.26. The number of nitrogens with one attached hydrogen (secondary N) is 1. The molecule has 5 nitrogen and oxygen atoms in total. The fourth-order valence-electron chi connectivity index (χ4n) is 4.76. The van der Waals surface area contributed by atoms with Gasteiger partial charge in [-0.3, -0.25) is 14.2 Å². The molecule has 0 aliphatic heterocycles. The summed E-state index contributed by atoms with van der Waals surface area (Å²) in [6, 6.07) is 19.4. The first-order valence-corrected chi connectivity index (χ1v) is 13.9. The standard InChI is InChI=1S/C28H29N3O2S2/c1-3-19-14-15-22-23(16-19)35-26-25(22)27(33)31(21-12-8-5-9-13-21)28(30-26)34-17-24(32)29-18(2)20-10-6-4-7-11-20/h4-13,18-19H,3,14-17H2,1-2H3,(H,29,32)/t18-,19-/m1/s1. The summed E-state index contributed by atoms with van der Waals surface area (Å²) in [7, 11) is 0. The Balaban J connectivity index is 1.47. The normalized spacial score (nSPS) is 16.1. The van der Waals surface area contributed by atoms with Crippen molar-refractivity contribution in [2.45, 2.75) is 50.7 Å². The van der Waals surface area contributed by atoms with Gasteiger partial charge in [0.05, 0.1) is 22.9 Å². The molecule has 2 aromatic heterocycles. The number of amides is 1. The number of rotatable bonds is 7. The molecule has 2 atom stereocenters. The van der Waals surface area contributed by atoms with Crippen LogP contribution in [0.15, 0.2) is 70.6 Å². The zero-order chi connectivity index (χ0) is 24.4. The van der Waals surface area contributed by atoms with Crippen LogP contribution < -0.4 is 10.9 Å². The van der Waals surface area contributed by atoms with Crippen LogP contribution in [0.5, 0.6) is 0 Å². The van der Waals surface area contributed by atoms with Gasteiger partial charge in [0.1, 0.15) is 4.83 Å². The molecule has 0 unspecified atom stereocenters. The summed E-state index contributed by atoms with van der Waals surface area (Å²) in [6.45, 7) is 4.21. The number of thioether (sulfide) groups is 1. The van der Waals surface area contributed by atoms with Gasteiger partial charge in [0, 0.05) is 4.88 Å². The van der Waals surface area contributed by atoms with Gasteiger partial charge in [0.15, 0.2) is 5.16 Å². The van der Waals surface area contributed by atoms with Gasteiger partial charge in [0.2, 0.25) is 5.91 Å². The molecule has 2 heterocycles. The Kier molecular flexibility index (Phi) is 7.07. The smallest absolute Gasteiger partial charge is 0.267 e. The second-order valence-electron chi connectivity index (χ2n) is 9.06. The molecule has 0 saturated heterocycles. The van der Waals surface area contributed by atoms with Gasteiger partial charge in [-0.25, -0.2) is 4.98 Å².